The number of ketones is 1. The van der Waals surface area contributed by atoms with Crippen molar-refractivity contribution in [2.45, 2.75) is 20.8 Å². The quantitative estimate of drug-likeness (QED) is 0.860. The highest BCUT2D eigenvalue weighted by molar-refractivity contribution is 5.97. The Morgan fingerprint density at radius 3 is 2.44 bits per heavy atom. The zero-order valence-electron chi connectivity index (χ0n) is 11.1. The monoisotopic (exact) mass is 250 g/mol. The zero-order valence-corrected chi connectivity index (χ0v) is 11.1. The molecule has 0 saturated carbocycles. The highest BCUT2D eigenvalue weighted by Crippen LogP contribution is 2.13. The topological polar surface area (TPSA) is 68.2 Å². The van der Waals surface area contributed by atoms with E-state index in [1.54, 1.807) is 27.8 Å². The molecule has 1 rings (SSSR count). The molecular weight excluding hydrogens is 232 g/mol. The van der Waals surface area contributed by atoms with Crippen molar-refractivity contribution in [3.63, 3.8) is 0 Å². The van der Waals surface area contributed by atoms with Gasteiger partial charge in [0.15, 0.2) is 5.78 Å². The van der Waals surface area contributed by atoms with E-state index in [9.17, 15) is 14.4 Å². The molecule has 1 aromatic heterocycles. The Balaban J connectivity index is 2.69. The van der Waals surface area contributed by atoms with Crippen LogP contribution in [0, 0.1) is 5.41 Å². The number of pyridine rings is 1. The van der Waals surface area contributed by atoms with E-state index < -0.39 is 11.3 Å². The summed E-state index contributed by atoms with van der Waals surface area (Å²) < 4.78 is 1.37. The molecule has 0 aliphatic heterocycles. The standard InChI is InChI=1S/C13H18N2O3/c1-13(2,3)10(16)8-14-12(18)9-5-6-15(4)11(17)7-9/h5-7H,8H2,1-4H3,(H,14,18). The van der Waals surface area contributed by atoms with Crippen molar-refractivity contribution < 1.29 is 9.59 Å². The molecule has 5 heteroatoms. The summed E-state index contributed by atoms with van der Waals surface area (Å²) in [5.41, 5.74) is -0.482. The molecular formula is C13H18N2O3. The van der Waals surface area contributed by atoms with E-state index in [1.165, 1.54) is 22.9 Å². The molecule has 98 valence electrons. The molecule has 0 spiro atoms. The number of hydrogen-bond acceptors (Lipinski definition) is 3. The molecule has 0 fully saturated rings. The second-order valence-corrected chi connectivity index (χ2v) is 5.22. The molecule has 1 amide bonds. The first kappa shape index (κ1) is 14.2. The van der Waals surface area contributed by atoms with Gasteiger partial charge >= 0.3 is 0 Å². The zero-order chi connectivity index (χ0) is 13.9. The second kappa shape index (κ2) is 5.16. The van der Waals surface area contributed by atoms with Crippen LogP contribution in [-0.2, 0) is 11.8 Å². The van der Waals surface area contributed by atoms with Gasteiger partial charge < -0.3 is 9.88 Å². The normalized spacial score (nSPS) is 11.1. The number of amides is 1. The summed E-state index contributed by atoms with van der Waals surface area (Å²) in [4.78, 5) is 34.7. The van der Waals surface area contributed by atoms with E-state index in [2.05, 4.69) is 5.32 Å². The summed E-state index contributed by atoms with van der Waals surface area (Å²) >= 11 is 0. The van der Waals surface area contributed by atoms with Crippen LogP contribution in [0.3, 0.4) is 0 Å². The Bertz CT molecular complexity index is 524. The van der Waals surface area contributed by atoms with Crippen molar-refractivity contribution in [1.29, 1.82) is 0 Å². The predicted octanol–water partition coefficient (Wildman–Crippen LogP) is 0.730. The molecule has 0 aliphatic rings. The van der Waals surface area contributed by atoms with Crippen LogP contribution in [0.15, 0.2) is 23.1 Å². The first-order valence-corrected chi connectivity index (χ1v) is 5.70. The molecule has 0 aliphatic carbocycles. The Morgan fingerprint density at radius 2 is 1.94 bits per heavy atom. The fraction of sp³-hybridized carbons (Fsp3) is 0.462. The maximum atomic E-state index is 11.7. The highest BCUT2D eigenvalue weighted by Gasteiger charge is 2.21. The number of aryl methyl sites for hydroxylation is 1. The SMILES string of the molecule is Cn1ccc(C(=O)NCC(=O)C(C)(C)C)cc1=O. The Kier molecular flexibility index (Phi) is 4.06. The highest BCUT2D eigenvalue weighted by atomic mass is 16.2. The van der Waals surface area contributed by atoms with E-state index in [0.29, 0.717) is 0 Å². The van der Waals surface area contributed by atoms with Crippen LogP contribution in [0.5, 0.6) is 0 Å². The van der Waals surface area contributed by atoms with Crippen molar-refractivity contribution in [2.24, 2.45) is 12.5 Å². The smallest absolute Gasteiger partial charge is 0.251 e. The maximum absolute atomic E-state index is 11.7. The first-order chi connectivity index (χ1) is 8.21. The molecule has 1 N–H and O–H groups in total. The van der Waals surface area contributed by atoms with Crippen LogP contribution >= 0.6 is 0 Å². The van der Waals surface area contributed by atoms with Crippen LogP contribution in [0.4, 0.5) is 0 Å². The minimum absolute atomic E-state index is 0.0302. The van der Waals surface area contributed by atoms with Crippen molar-refractivity contribution in [1.82, 2.24) is 9.88 Å². The van der Waals surface area contributed by atoms with Crippen LogP contribution < -0.4 is 10.9 Å². The third-order valence-corrected chi connectivity index (χ3v) is 2.61. The van der Waals surface area contributed by atoms with Gasteiger partial charge in [-0.05, 0) is 6.07 Å². The molecule has 5 nitrogen and oxygen atoms in total. The number of carbonyl (C=O) groups excluding carboxylic acids is 2. The average molecular weight is 250 g/mol. The van der Waals surface area contributed by atoms with Gasteiger partial charge in [-0.3, -0.25) is 14.4 Å². The Hall–Kier alpha value is -1.91. The summed E-state index contributed by atoms with van der Waals surface area (Å²) in [7, 11) is 1.60. The number of rotatable bonds is 3. The molecule has 18 heavy (non-hydrogen) atoms. The molecule has 0 unspecified atom stereocenters. The average Bonchev–Trinajstić information content (AvgIpc) is 2.27. The lowest BCUT2D eigenvalue weighted by Crippen LogP contribution is -2.36. The van der Waals surface area contributed by atoms with Gasteiger partial charge in [-0.25, -0.2) is 0 Å². The van der Waals surface area contributed by atoms with Crippen LogP contribution in [-0.4, -0.2) is 22.8 Å². The minimum Gasteiger partial charge on any atom is -0.345 e. The predicted molar refractivity (Wildman–Crippen MR) is 68.5 cm³/mol. The summed E-state index contributed by atoms with van der Waals surface area (Å²) in [6.45, 7) is 5.34. The van der Waals surface area contributed by atoms with Gasteiger partial charge in [0.25, 0.3) is 11.5 Å². The van der Waals surface area contributed by atoms with Crippen molar-refractivity contribution in [3.05, 3.63) is 34.2 Å². The lowest BCUT2D eigenvalue weighted by atomic mass is 9.91. The van der Waals surface area contributed by atoms with E-state index in [0.717, 1.165) is 0 Å². The van der Waals surface area contributed by atoms with Crippen LogP contribution in [0.1, 0.15) is 31.1 Å². The number of nitrogens with zero attached hydrogens (tertiary/aromatic N) is 1. The summed E-state index contributed by atoms with van der Waals surface area (Å²) in [6.07, 6.45) is 1.52. The fourth-order valence-electron chi connectivity index (χ4n) is 1.22. The molecule has 0 aromatic carbocycles. The molecule has 1 aromatic rings. The van der Waals surface area contributed by atoms with E-state index >= 15 is 0 Å². The van der Waals surface area contributed by atoms with Crippen molar-refractivity contribution in [2.75, 3.05) is 6.54 Å². The lowest BCUT2D eigenvalue weighted by Gasteiger charge is -2.16. The minimum atomic E-state index is -0.486. The molecule has 0 bridgehead atoms. The molecule has 0 radical (unpaired) electrons. The number of aromatic nitrogens is 1. The van der Waals surface area contributed by atoms with Crippen LogP contribution in [0.2, 0.25) is 0 Å². The Labute approximate surface area is 106 Å². The largest absolute Gasteiger partial charge is 0.345 e. The molecule has 0 atom stereocenters. The number of Topliss-reactive ketones (excluding diaryl/α,β-unsaturated/α-hetero) is 1. The molecule has 0 saturated heterocycles. The molecule has 1 heterocycles. The van der Waals surface area contributed by atoms with Crippen molar-refractivity contribution >= 4 is 11.7 Å². The van der Waals surface area contributed by atoms with E-state index in [1.807, 2.05) is 0 Å². The van der Waals surface area contributed by atoms with Gasteiger partial charge in [-0.1, -0.05) is 20.8 Å². The van der Waals surface area contributed by atoms with Gasteiger partial charge in [0.1, 0.15) is 0 Å². The van der Waals surface area contributed by atoms with Gasteiger partial charge in [-0.15, -0.1) is 0 Å². The maximum Gasteiger partial charge on any atom is 0.251 e. The second-order valence-electron chi connectivity index (χ2n) is 5.22. The van der Waals surface area contributed by atoms with Gasteiger partial charge in [0.05, 0.1) is 6.54 Å². The summed E-state index contributed by atoms with van der Waals surface area (Å²) in [6, 6.07) is 2.79. The van der Waals surface area contributed by atoms with E-state index in [4.69, 9.17) is 0 Å². The van der Waals surface area contributed by atoms with Crippen molar-refractivity contribution in [3.8, 4) is 0 Å². The van der Waals surface area contributed by atoms with E-state index in [-0.39, 0.29) is 23.5 Å². The fourth-order valence-corrected chi connectivity index (χ4v) is 1.22. The van der Waals surface area contributed by atoms with Gasteiger partial charge in [0.2, 0.25) is 0 Å². The Morgan fingerprint density at radius 1 is 1.33 bits per heavy atom. The third kappa shape index (κ3) is 3.55. The summed E-state index contributed by atoms with van der Waals surface area (Å²) in [5.74, 6) is -0.468. The van der Waals surface area contributed by atoms with Crippen LogP contribution in [0.25, 0.3) is 0 Å². The first-order valence-electron chi connectivity index (χ1n) is 5.70. The number of carbonyl (C=O) groups is 2. The number of hydrogen-bond donors (Lipinski definition) is 1. The third-order valence-electron chi connectivity index (χ3n) is 2.61. The summed E-state index contributed by atoms with van der Waals surface area (Å²) in [5, 5.41) is 2.52. The number of nitrogens with one attached hydrogen (secondary N) is 1. The lowest BCUT2D eigenvalue weighted by molar-refractivity contribution is -0.125. The van der Waals surface area contributed by atoms with Gasteiger partial charge in [-0.2, -0.15) is 0 Å². The van der Waals surface area contributed by atoms with Gasteiger partial charge in [0, 0.05) is 30.3 Å².